The van der Waals surface area contributed by atoms with Crippen molar-refractivity contribution in [1.29, 1.82) is 0 Å². The number of benzene rings is 1. The quantitative estimate of drug-likeness (QED) is 0.561. The molecule has 0 bridgehead atoms. The smallest absolute Gasteiger partial charge is 0.163 e. The second-order valence-corrected chi connectivity index (χ2v) is 10.8. The molecule has 2 N–H and O–H groups in total. The molecule has 0 spiro atoms. The van der Waals surface area contributed by atoms with Crippen LogP contribution >= 0.6 is 15.9 Å². The van der Waals surface area contributed by atoms with E-state index in [-0.39, 0.29) is 57.9 Å². The van der Waals surface area contributed by atoms with Crippen LogP contribution in [0.5, 0.6) is 5.75 Å². The Morgan fingerprint density at radius 3 is 1.77 bits per heavy atom. The number of aliphatic hydroxyl groups excluding tert-OH is 2. The average Bonchev–Trinajstić information content (AvgIpc) is 2.57. The number of Topliss-reactive ketones (excluding diaryl/α,β-unsaturated/α-hetero) is 2. The van der Waals surface area contributed by atoms with Crippen molar-refractivity contribution in [1.82, 2.24) is 0 Å². The Morgan fingerprint density at radius 1 is 0.900 bits per heavy atom. The van der Waals surface area contributed by atoms with Crippen molar-refractivity contribution in [2.45, 2.75) is 59.3 Å². The summed E-state index contributed by atoms with van der Waals surface area (Å²) in [5.74, 6) is -0.881. The summed E-state index contributed by atoms with van der Waals surface area (Å²) in [5, 5.41) is 21.9. The Labute approximate surface area is 186 Å². The van der Waals surface area contributed by atoms with Gasteiger partial charge in [-0.05, 0) is 29.0 Å². The van der Waals surface area contributed by atoms with Gasteiger partial charge in [0.05, 0.1) is 13.0 Å². The van der Waals surface area contributed by atoms with Gasteiger partial charge >= 0.3 is 0 Å². The maximum absolute atomic E-state index is 13.2. The summed E-state index contributed by atoms with van der Waals surface area (Å²) in [5.41, 5.74) is 0.189. The number of rotatable bonds is 4. The fourth-order valence-electron chi connectivity index (χ4n) is 4.64. The van der Waals surface area contributed by atoms with E-state index in [1.165, 1.54) is 7.11 Å². The number of carbonyl (C=O) groups is 2. The van der Waals surface area contributed by atoms with Crippen LogP contribution in [0, 0.1) is 10.8 Å². The second-order valence-electron chi connectivity index (χ2n) is 9.92. The number of allylic oxidation sites excluding steroid dienone is 4. The van der Waals surface area contributed by atoms with Crippen molar-refractivity contribution in [3.8, 4) is 5.75 Å². The van der Waals surface area contributed by atoms with E-state index in [4.69, 9.17) is 4.74 Å². The van der Waals surface area contributed by atoms with Crippen LogP contribution in [0.2, 0.25) is 0 Å². The molecular formula is C24H29BrO5. The zero-order chi connectivity index (χ0) is 22.4. The molecule has 0 heterocycles. The molecule has 3 rings (SSSR count). The minimum Gasteiger partial charge on any atom is -0.512 e. The number of carbonyl (C=O) groups excluding carboxylic acids is 2. The molecule has 0 saturated carbocycles. The summed E-state index contributed by atoms with van der Waals surface area (Å²) in [4.78, 5) is 26.4. The summed E-state index contributed by atoms with van der Waals surface area (Å²) in [7, 11) is 1.52. The molecule has 2 aliphatic rings. The van der Waals surface area contributed by atoms with Crippen molar-refractivity contribution in [3.63, 3.8) is 0 Å². The number of methoxy groups -OCH3 is 1. The first-order chi connectivity index (χ1) is 13.8. The molecular weight excluding hydrogens is 448 g/mol. The highest BCUT2D eigenvalue weighted by Crippen LogP contribution is 2.49. The maximum atomic E-state index is 13.2. The van der Waals surface area contributed by atoms with Crippen LogP contribution in [0.15, 0.2) is 45.3 Å². The maximum Gasteiger partial charge on any atom is 0.163 e. The van der Waals surface area contributed by atoms with E-state index < -0.39 is 5.92 Å². The molecule has 6 heteroatoms. The SMILES string of the molecule is COc1ccc(Br)cc1C(C1=C(O)CC(C)(C)CC1=O)C1=C(O)CC(C)(C)CC1=O. The van der Waals surface area contributed by atoms with Gasteiger partial charge in [-0.15, -0.1) is 0 Å². The van der Waals surface area contributed by atoms with Gasteiger partial charge in [0, 0.05) is 46.9 Å². The molecule has 162 valence electrons. The molecule has 0 saturated heterocycles. The summed E-state index contributed by atoms with van der Waals surface area (Å²) in [6.45, 7) is 7.71. The van der Waals surface area contributed by atoms with Gasteiger partial charge in [-0.2, -0.15) is 0 Å². The lowest BCUT2D eigenvalue weighted by Crippen LogP contribution is -2.33. The molecule has 2 aliphatic carbocycles. The van der Waals surface area contributed by atoms with E-state index in [0.29, 0.717) is 24.2 Å². The van der Waals surface area contributed by atoms with Crippen molar-refractivity contribution in [2.75, 3.05) is 7.11 Å². The van der Waals surface area contributed by atoms with E-state index in [1.54, 1.807) is 18.2 Å². The van der Waals surface area contributed by atoms with Crippen LogP contribution in [0.25, 0.3) is 0 Å². The largest absolute Gasteiger partial charge is 0.512 e. The Balaban J connectivity index is 2.31. The minimum atomic E-state index is -0.885. The highest BCUT2D eigenvalue weighted by Gasteiger charge is 2.44. The normalized spacial score (nSPS) is 21.4. The number of ether oxygens (including phenoxy) is 1. The van der Waals surface area contributed by atoms with Gasteiger partial charge in [0.1, 0.15) is 17.3 Å². The standard InChI is InChI=1S/C24H29BrO5/c1-23(2)9-15(26)21(16(27)10-23)20(14-8-13(25)6-7-19(14)30-5)22-17(28)11-24(3,4)12-18(22)29/h6-8,20,26,28H,9-12H2,1-5H3. The Hall–Kier alpha value is -2.08. The minimum absolute atomic E-state index is 0.0267. The van der Waals surface area contributed by atoms with Crippen LogP contribution < -0.4 is 4.74 Å². The average molecular weight is 477 g/mol. The first-order valence-corrected chi connectivity index (χ1v) is 10.9. The monoisotopic (exact) mass is 476 g/mol. The van der Waals surface area contributed by atoms with Crippen LogP contribution in [-0.2, 0) is 9.59 Å². The molecule has 1 aromatic carbocycles. The third-order valence-electron chi connectivity index (χ3n) is 5.87. The number of halogens is 1. The third-order valence-corrected chi connectivity index (χ3v) is 6.37. The summed E-state index contributed by atoms with van der Waals surface area (Å²) in [6.07, 6.45) is 1.17. The highest BCUT2D eigenvalue weighted by atomic mass is 79.9. The highest BCUT2D eigenvalue weighted by molar-refractivity contribution is 9.10. The topological polar surface area (TPSA) is 83.8 Å². The molecule has 0 fully saturated rings. The first-order valence-electron chi connectivity index (χ1n) is 10.1. The molecule has 5 nitrogen and oxygen atoms in total. The number of aliphatic hydroxyl groups is 2. The van der Waals surface area contributed by atoms with Crippen molar-refractivity contribution >= 4 is 27.5 Å². The summed E-state index contributed by atoms with van der Waals surface area (Å²) < 4.78 is 6.28. The van der Waals surface area contributed by atoms with Crippen molar-refractivity contribution in [2.24, 2.45) is 10.8 Å². The van der Waals surface area contributed by atoms with E-state index in [1.807, 2.05) is 27.7 Å². The van der Waals surface area contributed by atoms with Gasteiger partial charge < -0.3 is 14.9 Å². The van der Waals surface area contributed by atoms with Gasteiger partial charge in [0.15, 0.2) is 11.6 Å². The zero-order valence-corrected chi connectivity index (χ0v) is 19.7. The van der Waals surface area contributed by atoms with Gasteiger partial charge in [0.25, 0.3) is 0 Å². The number of hydrogen-bond donors (Lipinski definition) is 2. The summed E-state index contributed by atoms with van der Waals surface area (Å²) >= 11 is 3.46. The van der Waals surface area contributed by atoms with E-state index in [2.05, 4.69) is 15.9 Å². The molecule has 0 radical (unpaired) electrons. The third kappa shape index (κ3) is 4.34. The van der Waals surface area contributed by atoms with Gasteiger partial charge in [-0.25, -0.2) is 0 Å². The Bertz CT molecular complexity index is 916. The van der Waals surface area contributed by atoms with Gasteiger partial charge in [-0.3, -0.25) is 9.59 Å². The second kappa shape index (κ2) is 7.88. The number of hydrogen-bond acceptors (Lipinski definition) is 5. The predicted octanol–water partition coefficient (Wildman–Crippen LogP) is 5.94. The van der Waals surface area contributed by atoms with E-state index >= 15 is 0 Å². The van der Waals surface area contributed by atoms with E-state index in [0.717, 1.165) is 4.47 Å². The molecule has 0 aromatic heterocycles. The van der Waals surface area contributed by atoms with Crippen LogP contribution in [0.1, 0.15) is 64.9 Å². The van der Waals surface area contributed by atoms with Crippen molar-refractivity contribution < 1.29 is 24.5 Å². The molecule has 0 atom stereocenters. The fourth-order valence-corrected chi connectivity index (χ4v) is 5.02. The van der Waals surface area contributed by atoms with Crippen molar-refractivity contribution in [3.05, 3.63) is 50.9 Å². The molecule has 0 aliphatic heterocycles. The first kappa shape index (κ1) is 22.6. The Morgan fingerprint density at radius 2 is 1.37 bits per heavy atom. The lowest BCUT2D eigenvalue weighted by Gasteiger charge is -2.36. The van der Waals surface area contributed by atoms with E-state index in [9.17, 15) is 19.8 Å². The molecule has 0 amide bonds. The molecule has 0 unspecified atom stereocenters. The van der Waals surface area contributed by atoms with Crippen LogP contribution in [0.4, 0.5) is 0 Å². The lowest BCUT2D eigenvalue weighted by molar-refractivity contribution is -0.119. The van der Waals surface area contributed by atoms with Crippen LogP contribution in [0.3, 0.4) is 0 Å². The lowest BCUT2D eigenvalue weighted by atomic mass is 9.67. The predicted molar refractivity (Wildman–Crippen MR) is 119 cm³/mol. The molecule has 1 aromatic rings. The zero-order valence-electron chi connectivity index (χ0n) is 18.1. The van der Waals surface area contributed by atoms with Gasteiger partial charge in [-0.1, -0.05) is 43.6 Å². The Kier molecular flexibility index (Phi) is 5.93. The van der Waals surface area contributed by atoms with Crippen LogP contribution in [-0.4, -0.2) is 28.9 Å². The fraction of sp³-hybridized carbons (Fsp3) is 0.500. The summed E-state index contributed by atoms with van der Waals surface area (Å²) in [6, 6.07) is 5.33. The van der Waals surface area contributed by atoms with Gasteiger partial charge in [0.2, 0.25) is 0 Å². The molecule has 30 heavy (non-hydrogen) atoms. The number of ketones is 2.